The summed E-state index contributed by atoms with van der Waals surface area (Å²) in [4.78, 5) is 0. The van der Waals surface area contributed by atoms with Crippen LogP contribution in [-0.4, -0.2) is 8.42 Å². The molecule has 0 aliphatic heterocycles. The maximum atomic E-state index is 12.0. The Hall–Kier alpha value is -0.870. The molecule has 0 radical (unpaired) electrons. The van der Waals surface area contributed by atoms with Crippen LogP contribution in [0.15, 0.2) is 30.3 Å². The molecule has 0 saturated carbocycles. The summed E-state index contributed by atoms with van der Waals surface area (Å²) in [5.74, 6) is 0.101. The van der Waals surface area contributed by atoms with Gasteiger partial charge in [0, 0.05) is 0 Å². The molecule has 3 nitrogen and oxygen atoms in total. The molecule has 0 aromatic heterocycles. The van der Waals surface area contributed by atoms with Crippen molar-refractivity contribution in [1.82, 2.24) is 0 Å². The van der Waals surface area contributed by atoms with Crippen molar-refractivity contribution in [2.24, 2.45) is 11.1 Å². The van der Waals surface area contributed by atoms with Gasteiger partial charge in [-0.3, -0.25) is 0 Å². The summed E-state index contributed by atoms with van der Waals surface area (Å²) in [6.45, 7) is 4.25. The maximum Gasteiger partial charge on any atom is 0.216 e. The van der Waals surface area contributed by atoms with Gasteiger partial charge < -0.3 is 0 Å². The molecule has 1 aromatic rings. The average Bonchev–Trinajstić information content (AvgIpc) is 2.45. The van der Waals surface area contributed by atoms with Crippen LogP contribution < -0.4 is 5.14 Å². The van der Waals surface area contributed by atoms with Gasteiger partial charge in [0.15, 0.2) is 0 Å². The lowest BCUT2D eigenvalue weighted by molar-refractivity contribution is 0.415. The zero-order valence-electron chi connectivity index (χ0n) is 13.3. The van der Waals surface area contributed by atoms with Gasteiger partial charge in [0.2, 0.25) is 10.0 Å². The summed E-state index contributed by atoms with van der Waals surface area (Å²) >= 11 is 0. The summed E-state index contributed by atoms with van der Waals surface area (Å²) in [7, 11) is -3.58. The van der Waals surface area contributed by atoms with E-state index >= 15 is 0 Å². The molecule has 21 heavy (non-hydrogen) atoms. The second-order valence-corrected chi connectivity index (χ2v) is 7.48. The minimum atomic E-state index is -3.58. The van der Waals surface area contributed by atoms with Gasteiger partial charge >= 0.3 is 0 Å². The molecular formula is C17H29NO2S. The molecule has 0 aliphatic carbocycles. The zero-order chi connectivity index (χ0) is 15.7. The average molecular weight is 311 g/mol. The summed E-state index contributed by atoms with van der Waals surface area (Å²) in [6, 6.07) is 9.39. The first-order valence-corrected chi connectivity index (χ1v) is 9.68. The Morgan fingerprint density at radius 2 is 1.62 bits per heavy atom. The maximum absolute atomic E-state index is 12.0. The van der Waals surface area contributed by atoms with E-state index in [1.54, 1.807) is 0 Å². The van der Waals surface area contributed by atoms with E-state index in [0.29, 0.717) is 0 Å². The number of sulfonamides is 1. The molecule has 2 unspecified atom stereocenters. The Labute approximate surface area is 130 Å². The van der Waals surface area contributed by atoms with Crippen LogP contribution in [0.4, 0.5) is 0 Å². The third kappa shape index (κ3) is 6.18. The van der Waals surface area contributed by atoms with Gasteiger partial charge in [-0.25, -0.2) is 13.6 Å². The van der Waals surface area contributed by atoms with Gasteiger partial charge in [-0.05, 0) is 17.9 Å². The summed E-state index contributed by atoms with van der Waals surface area (Å²) < 4.78 is 24.1. The Morgan fingerprint density at radius 3 is 2.14 bits per heavy atom. The SMILES string of the molecule is CCCCCCCC(CC)C(c1ccccc1)S(N)(=O)=O. The third-order valence-corrected chi connectivity index (χ3v) is 5.48. The summed E-state index contributed by atoms with van der Waals surface area (Å²) in [5, 5.41) is 4.94. The second kappa shape index (κ2) is 9.21. The van der Waals surface area contributed by atoms with Crippen LogP contribution in [0, 0.1) is 5.92 Å². The van der Waals surface area contributed by atoms with Crippen LogP contribution >= 0.6 is 0 Å². The molecule has 0 bridgehead atoms. The molecule has 0 spiro atoms. The van der Waals surface area contributed by atoms with E-state index in [9.17, 15) is 8.42 Å². The van der Waals surface area contributed by atoms with Crippen LogP contribution in [0.25, 0.3) is 0 Å². The van der Waals surface area contributed by atoms with Gasteiger partial charge in [-0.1, -0.05) is 82.7 Å². The van der Waals surface area contributed by atoms with E-state index in [1.165, 1.54) is 25.7 Å². The van der Waals surface area contributed by atoms with E-state index in [-0.39, 0.29) is 5.92 Å². The Balaban J connectivity index is 2.76. The van der Waals surface area contributed by atoms with E-state index in [4.69, 9.17) is 5.14 Å². The Kier molecular flexibility index (Phi) is 7.97. The van der Waals surface area contributed by atoms with Crippen molar-refractivity contribution in [1.29, 1.82) is 0 Å². The molecule has 0 saturated heterocycles. The first kappa shape index (κ1) is 18.2. The van der Waals surface area contributed by atoms with Crippen LogP contribution in [0.1, 0.15) is 69.6 Å². The van der Waals surface area contributed by atoms with Gasteiger partial charge in [0.25, 0.3) is 0 Å². The molecule has 0 fully saturated rings. The largest absolute Gasteiger partial charge is 0.228 e. The molecule has 120 valence electrons. The van der Waals surface area contributed by atoms with Crippen molar-refractivity contribution in [3.8, 4) is 0 Å². The molecule has 2 N–H and O–H groups in total. The molecule has 0 amide bonds. The number of benzene rings is 1. The predicted octanol–water partition coefficient (Wildman–Crippen LogP) is 4.40. The van der Waals surface area contributed by atoms with E-state index in [1.807, 2.05) is 30.3 Å². The van der Waals surface area contributed by atoms with Crippen molar-refractivity contribution in [3.63, 3.8) is 0 Å². The number of unbranched alkanes of at least 4 members (excludes halogenated alkanes) is 4. The fraction of sp³-hybridized carbons (Fsp3) is 0.647. The quantitative estimate of drug-likeness (QED) is 0.651. The highest BCUT2D eigenvalue weighted by molar-refractivity contribution is 7.89. The van der Waals surface area contributed by atoms with Crippen LogP contribution in [-0.2, 0) is 10.0 Å². The molecule has 4 heteroatoms. The molecule has 2 atom stereocenters. The van der Waals surface area contributed by atoms with Crippen molar-refractivity contribution >= 4 is 10.0 Å². The van der Waals surface area contributed by atoms with Crippen molar-refractivity contribution in [2.45, 2.75) is 64.0 Å². The number of hydrogen-bond donors (Lipinski definition) is 1. The van der Waals surface area contributed by atoms with Crippen LogP contribution in [0.2, 0.25) is 0 Å². The minimum Gasteiger partial charge on any atom is -0.228 e. The van der Waals surface area contributed by atoms with Crippen molar-refractivity contribution < 1.29 is 8.42 Å². The normalized spacial score (nSPS) is 14.8. The fourth-order valence-electron chi connectivity index (χ4n) is 2.95. The summed E-state index contributed by atoms with van der Waals surface area (Å²) in [5.41, 5.74) is 0.820. The third-order valence-electron chi connectivity index (χ3n) is 4.11. The number of primary sulfonamides is 1. The Morgan fingerprint density at radius 1 is 1.00 bits per heavy atom. The van der Waals surface area contributed by atoms with Crippen molar-refractivity contribution in [3.05, 3.63) is 35.9 Å². The standard InChI is InChI=1S/C17H29NO2S/c1-3-5-6-7-9-12-15(4-2)17(21(18,19)20)16-13-10-8-11-14-16/h8,10-11,13-15,17H,3-7,9,12H2,1-2H3,(H2,18,19,20). The first-order valence-electron chi connectivity index (χ1n) is 8.07. The lowest BCUT2D eigenvalue weighted by atomic mass is 9.91. The van der Waals surface area contributed by atoms with Gasteiger partial charge in [0.05, 0.1) is 0 Å². The molecular weight excluding hydrogens is 282 g/mol. The molecule has 1 aromatic carbocycles. The molecule has 0 heterocycles. The highest BCUT2D eigenvalue weighted by Gasteiger charge is 2.30. The van der Waals surface area contributed by atoms with Crippen LogP contribution in [0.3, 0.4) is 0 Å². The van der Waals surface area contributed by atoms with Crippen LogP contribution in [0.5, 0.6) is 0 Å². The van der Waals surface area contributed by atoms with E-state index in [2.05, 4.69) is 13.8 Å². The first-order chi connectivity index (χ1) is 10.0. The lowest BCUT2D eigenvalue weighted by Gasteiger charge is -2.25. The lowest BCUT2D eigenvalue weighted by Crippen LogP contribution is -2.28. The number of nitrogens with two attached hydrogens (primary N) is 1. The summed E-state index contributed by atoms with van der Waals surface area (Å²) in [6.07, 6.45) is 7.74. The zero-order valence-corrected chi connectivity index (χ0v) is 14.1. The molecule has 1 rings (SSSR count). The highest BCUT2D eigenvalue weighted by atomic mass is 32.2. The minimum absolute atomic E-state index is 0.101. The topological polar surface area (TPSA) is 60.2 Å². The Bertz CT molecular complexity index is 485. The fourth-order valence-corrected chi connectivity index (χ4v) is 4.35. The smallest absolute Gasteiger partial charge is 0.216 e. The van der Waals surface area contributed by atoms with E-state index < -0.39 is 15.3 Å². The number of rotatable bonds is 10. The second-order valence-electron chi connectivity index (χ2n) is 5.79. The van der Waals surface area contributed by atoms with Crippen molar-refractivity contribution in [2.75, 3.05) is 0 Å². The highest BCUT2D eigenvalue weighted by Crippen LogP contribution is 2.34. The monoisotopic (exact) mass is 311 g/mol. The van der Waals surface area contributed by atoms with E-state index in [0.717, 1.165) is 24.8 Å². The van der Waals surface area contributed by atoms with Gasteiger partial charge in [-0.15, -0.1) is 0 Å². The predicted molar refractivity (Wildman–Crippen MR) is 89.4 cm³/mol. The van der Waals surface area contributed by atoms with Gasteiger partial charge in [0.1, 0.15) is 5.25 Å². The molecule has 0 aliphatic rings. The van der Waals surface area contributed by atoms with Gasteiger partial charge in [-0.2, -0.15) is 0 Å². The number of hydrogen-bond acceptors (Lipinski definition) is 2.